The quantitative estimate of drug-likeness (QED) is 0.851. The molecule has 1 aromatic heterocycles. The van der Waals surface area contributed by atoms with Gasteiger partial charge in [-0.1, -0.05) is 12.1 Å². The van der Waals surface area contributed by atoms with Crippen LogP contribution in [-0.2, 0) is 12.7 Å². The van der Waals surface area contributed by atoms with Crippen LogP contribution < -0.4 is 5.32 Å². The van der Waals surface area contributed by atoms with Gasteiger partial charge in [-0.2, -0.15) is 13.2 Å². The standard InChI is InChI=1S/C11H10F3NS/c1-15-6-7-2-3-8-5-10(11(12,13)14)16-9(8)4-7/h2-5,15H,6H2,1H3. The Morgan fingerprint density at radius 1 is 1.25 bits per heavy atom. The van der Waals surface area contributed by atoms with E-state index in [-0.39, 0.29) is 0 Å². The molecule has 2 aromatic rings. The predicted molar refractivity (Wildman–Crippen MR) is 59.6 cm³/mol. The lowest BCUT2D eigenvalue weighted by atomic mass is 10.2. The van der Waals surface area contributed by atoms with Crippen molar-refractivity contribution in [1.82, 2.24) is 5.32 Å². The Kier molecular flexibility index (Phi) is 2.90. The zero-order valence-electron chi connectivity index (χ0n) is 8.56. The Hall–Kier alpha value is -1.07. The lowest BCUT2D eigenvalue weighted by Gasteiger charge is -1.99. The molecule has 0 spiro atoms. The molecule has 1 aromatic carbocycles. The number of fused-ring (bicyclic) bond motifs is 1. The van der Waals surface area contributed by atoms with Gasteiger partial charge in [-0.3, -0.25) is 0 Å². The molecule has 5 heteroatoms. The van der Waals surface area contributed by atoms with Crippen LogP contribution in [0.3, 0.4) is 0 Å². The molecule has 1 nitrogen and oxygen atoms in total. The average Bonchev–Trinajstić information content (AvgIpc) is 2.60. The van der Waals surface area contributed by atoms with Gasteiger partial charge in [0.1, 0.15) is 4.88 Å². The number of rotatable bonds is 2. The van der Waals surface area contributed by atoms with Gasteiger partial charge in [0, 0.05) is 11.2 Å². The van der Waals surface area contributed by atoms with Crippen molar-refractivity contribution in [2.45, 2.75) is 12.7 Å². The zero-order valence-corrected chi connectivity index (χ0v) is 9.38. The number of benzene rings is 1. The van der Waals surface area contributed by atoms with Gasteiger partial charge in [0.2, 0.25) is 0 Å². The number of hydrogen-bond donors (Lipinski definition) is 1. The van der Waals surface area contributed by atoms with E-state index in [9.17, 15) is 13.2 Å². The van der Waals surface area contributed by atoms with Gasteiger partial charge in [-0.25, -0.2) is 0 Å². The SMILES string of the molecule is CNCc1ccc2cc(C(F)(F)F)sc2c1. The Bertz CT molecular complexity index is 501. The van der Waals surface area contributed by atoms with Crippen molar-refractivity contribution < 1.29 is 13.2 Å². The van der Waals surface area contributed by atoms with E-state index in [1.54, 1.807) is 19.2 Å². The Labute approximate surface area is 94.9 Å². The average molecular weight is 245 g/mol. The summed E-state index contributed by atoms with van der Waals surface area (Å²) < 4.78 is 38.1. The smallest absolute Gasteiger partial charge is 0.316 e. The molecule has 0 aliphatic carbocycles. The maximum absolute atomic E-state index is 12.5. The van der Waals surface area contributed by atoms with Crippen LogP contribution in [0.4, 0.5) is 13.2 Å². The first kappa shape index (κ1) is 11.4. The second kappa shape index (κ2) is 4.07. The lowest BCUT2D eigenvalue weighted by molar-refractivity contribution is -0.134. The van der Waals surface area contributed by atoms with E-state index in [1.807, 2.05) is 6.07 Å². The molecule has 0 aliphatic rings. The third-order valence-corrected chi connectivity index (χ3v) is 3.39. The summed E-state index contributed by atoms with van der Waals surface area (Å²) in [6.45, 7) is 0.662. The molecule has 86 valence electrons. The van der Waals surface area contributed by atoms with Crippen LogP contribution in [0.25, 0.3) is 10.1 Å². The monoisotopic (exact) mass is 245 g/mol. The topological polar surface area (TPSA) is 12.0 Å². The van der Waals surface area contributed by atoms with Gasteiger partial charge in [0.15, 0.2) is 0 Å². The van der Waals surface area contributed by atoms with Crippen LogP contribution in [0.5, 0.6) is 0 Å². The summed E-state index contributed by atoms with van der Waals surface area (Å²) in [6.07, 6.45) is -4.24. The Morgan fingerprint density at radius 2 is 2.00 bits per heavy atom. The molecule has 1 heterocycles. The summed E-state index contributed by atoms with van der Waals surface area (Å²) in [7, 11) is 1.81. The fourth-order valence-electron chi connectivity index (χ4n) is 1.53. The highest BCUT2D eigenvalue weighted by atomic mass is 32.1. The van der Waals surface area contributed by atoms with Crippen LogP contribution in [0, 0.1) is 0 Å². The maximum Gasteiger partial charge on any atom is 0.425 e. The first-order valence-corrected chi connectivity index (χ1v) is 5.56. The highest BCUT2D eigenvalue weighted by Gasteiger charge is 2.32. The van der Waals surface area contributed by atoms with E-state index in [0.717, 1.165) is 16.9 Å². The molecule has 2 rings (SSSR count). The van der Waals surface area contributed by atoms with E-state index in [4.69, 9.17) is 0 Å². The van der Waals surface area contributed by atoms with E-state index >= 15 is 0 Å². The van der Waals surface area contributed by atoms with Crippen molar-refractivity contribution in [2.24, 2.45) is 0 Å². The van der Waals surface area contributed by atoms with Crippen LogP contribution in [0.2, 0.25) is 0 Å². The molecule has 0 saturated heterocycles. The van der Waals surface area contributed by atoms with Crippen molar-refractivity contribution >= 4 is 21.4 Å². The molecule has 0 fully saturated rings. The number of thiophene rings is 1. The molecule has 0 radical (unpaired) electrons. The zero-order chi connectivity index (χ0) is 11.8. The van der Waals surface area contributed by atoms with Crippen molar-refractivity contribution in [3.05, 3.63) is 34.7 Å². The summed E-state index contributed by atoms with van der Waals surface area (Å²) in [5.74, 6) is 0. The van der Waals surface area contributed by atoms with E-state index in [0.29, 0.717) is 16.6 Å². The van der Waals surface area contributed by atoms with E-state index < -0.39 is 11.1 Å². The second-order valence-electron chi connectivity index (χ2n) is 3.51. The summed E-state index contributed by atoms with van der Waals surface area (Å²) in [5, 5.41) is 3.62. The number of hydrogen-bond acceptors (Lipinski definition) is 2. The first-order valence-electron chi connectivity index (χ1n) is 4.75. The molecule has 1 N–H and O–H groups in total. The van der Waals surface area contributed by atoms with Gasteiger partial charge in [-0.15, -0.1) is 11.3 Å². The number of nitrogens with one attached hydrogen (secondary N) is 1. The minimum absolute atomic E-state index is 0.538. The number of halogens is 3. The van der Waals surface area contributed by atoms with E-state index in [2.05, 4.69) is 5.32 Å². The highest BCUT2D eigenvalue weighted by molar-refractivity contribution is 7.19. The first-order chi connectivity index (χ1) is 7.50. The molecule has 0 saturated carbocycles. The van der Waals surface area contributed by atoms with E-state index in [1.165, 1.54) is 6.07 Å². The van der Waals surface area contributed by atoms with Crippen LogP contribution >= 0.6 is 11.3 Å². The molecular formula is C11H10F3NS. The molecule has 0 amide bonds. The van der Waals surface area contributed by atoms with Gasteiger partial charge in [0.25, 0.3) is 0 Å². The van der Waals surface area contributed by atoms with Crippen LogP contribution in [0.15, 0.2) is 24.3 Å². The van der Waals surface area contributed by atoms with Crippen molar-refractivity contribution in [1.29, 1.82) is 0 Å². The summed E-state index contributed by atoms with van der Waals surface area (Å²) >= 11 is 0.791. The lowest BCUT2D eigenvalue weighted by Crippen LogP contribution is -2.04. The van der Waals surface area contributed by atoms with Gasteiger partial charge in [0.05, 0.1) is 0 Å². The summed E-state index contributed by atoms with van der Waals surface area (Å²) in [6, 6.07) is 6.56. The summed E-state index contributed by atoms with van der Waals surface area (Å²) in [5.41, 5.74) is 0.991. The minimum atomic E-state index is -4.24. The maximum atomic E-state index is 12.5. The molecule has 0 bridgehead atoms. The molecular weight excluding hydrogens is 235 g/mol. The Balaban J connectivity index is 2.46. The normalized spacial score (nSPS) is 12.2. The van der Waals surface area contributed by atoms with Crippen molar-refractivity contribution in [2.75, 3.05) is 7.05 Å². The van der Waals surface area contributed by atoms with Gasteiger partial charge in [-0.05, 0) is 30.1 Å². The number of alkyl halides is 3. The van der Waals surface area contributed by atoms with Crippen molar-refractivity contribution in [3.63, 3.8) is 0 Å². The molecule has 16 heavy (non-hydrogen) atoms. The fourth-order valence-corrected chi connectivity index (χ4v) is 2.52. The third kappa shape index (κ3) is 2.20. The second-order valence-corrected chi connectivity index (χ2v) is 4.59. The summed E-state index contributed by atoms with van der Waals surface area (Å²) in [4.78, 5) is -0.538. The molecule has 0 atom stereocenters. The van der Waals surface area contributed by atoms with Gasteiger partial charge >= 0.3 is 6.18 Å². The highest BCUT2D eigenvalue weighted by Crippen LogP contribution is 2.38. The minimum Gasteiger partial charge on any atom is -0.316 e. The third-order valence-electron chi connectivity index (χ3n) is 2.24. The largest absolute Gasteiger partial charge is 0.425 e. The molecule has 0 unspecified atom stereocenters. The molecule has 0 aliphatic heterocycles. The predicted octanol–water partition coefficient (Wildman–Crippen LogP) is 3.64. The van der Waals surface area contributed by atoms with Crippen LogP contribution in [0.1, 0.15) is 10.4 Å². The van der Waals surface area contributed by atoms with Crippen molar-refractivity contribution in [3.8, 4) is 0 Å². The Morgan fingerprint density at radius 3 is 2.62 bits per heavy atom. The van der Waals surface area contributed by atoms with Crippen LogP contribution in [-0.4, -0.2) is 7.05 Å². The van der Waals surface area contributed by atoms with Gasteiger partial charge < -0.3 is 5.32 Å². The fraction of sp³-hybridized carbons (Fsp3) is 0.273.